The average Bonchev–Trinajstić information content (AvgIpc) is 2.91. The van der Waals surface area contributed by atoms with Gasteiger partial charge in [-0.2, -0.15) is 5.10 Å². The van der Waals surface area contributed by atoms with E-state index in [2.05, 4.69) is 10.5 Å². The fourth-order valence-corrected chi connectivity index (χ4v) is 5.46. The van der Waals surface area contributed by atoms with Crippen molar-refractivity contribution >= 4 is 38.1 Å². The third-order valence-corrected chi connectivity index (χ3v) is 7.74. The van der Waals surface area contributed by atoms with Gasteiger partial charge in [0.05, 0.1) is 22.9 Å². The van der Waals surface area contributed by atoms with Crippen LogP contribution < -0.4 is 14.5 Å². The van der Waals surface area contributed by atoms with E-state index in [-0.39, 0.29) is 10.6 Å². The number of carbonyl (C=O) groups excluding carboxylic acids is 1. The smallest absolute Gasteiger partial charge is 0.264 e. The van der Waals surface area contributed by atoms with Gasteiger partial charge in [-0.15, -0.1) is 0 Å². The van der Waals surface area contributed by atoms with Crippen molar-refractivity contribution in [1.29, 1.82) is 0 Å². The molecule has 0 bridgehead atoms. The first kappa shape index (κ1) is 26.7. The van der Waals surface area contributed by atoms with Gasteiger partial charge in [-0.1, -0.05) is 48.0 Å². The molecule has 4 rings (SSSR count). The zero-order chi connectivity index (χ0) is 27.3. The molecule has 0 atom stereocenters. The Morgan fingerprint density at radius 2 is 1.66 bits per heavy atom. The topological polar surface area (TPSA) is 108 Å². The molecule has 0 aliphatic carbocycles. The summed E-state index contributed by atoms with van der Waals surface area (Å²) in [4.78, 5) is 13.0. The van der Waals surface area contributed by atoms with Gasteiger partial charge in [-0.3, -0.25) is 9.10 Å². The maximum Gasteiger partial charge on any atom is 0.264 e. The van der Waals surface area contributed by atoms with E-state index in [1.807, 2.05) is 38.1 Å². The van der Waals surface area contributed by atoms with E-state index in [0.29, 0.717) is 29.3 Å². The van der Waals surface area contributed by atoms with Gasteiger partial charge in [0.15, 0.2) is 0 Å². The van der Waals surface area contributed by atoms with Crippen molar-refractivity contribution in [3.05, 3.63) is 96.1 Å². The predicted molar refractivity (Wildman–Crippen MR) is 149 cm³/mol. The maximum absolute atomic E-state index is 13.6. The SMILES string of the molecule is CCOc1ccc(S(=O)(=O)N(CC(=O)N/N=C(/C)c2c(O)ccc3ccccc23)c2ccc(C)cc2)cc1. The van der Waals surface area contributed by atoms with E-state index < -0.39 is 22.5 Å². The van der Waals surface area contributed by atoms with Crippen molar-refractivity contribution in [3.8, 4) is 11.5 Å². The molecule has 1 amide bonds. The Bertz CT molecular complexity index is 1580. The van der Waals surface area contributed by atoms with Gasteiger partial charge in [0.25, 0.3) is 15.9 Å². The molecule has 38 heavy (non-hydrogen) atoms. The Morgan fingerprint density at radius 3 is 2.34 bits per heavy atom. The Labute approximate surface area is 222 Å². The Morgan fingerprint density at radius 1 is 0.974 bits per heavy atom. The highest BCUT2D eigenvalue weighted by molar-refractivity contribution is 7.92. The van der Waals surface area contributed by atoms with Crippen LogP contribution in [0.4, 0.5) is 5.69 Å². The molecular weight excluding hydrogens is 502 g/mol. The fourth-order valence-electron chi connectivity index (χ4n) is 4.04. The summed E-state index contributed by atoms with van der Waals surface area (Å²) in [5.41, 5.74) is 4.60. The van der Waals surface area contributed by atoms with Gasteiger partial charge in [-0.25, -0.2) is 13.8 Å². The molecule has 0 radical (unpaired) electrons. The largest absolute Gasteiger partial charge is 0.507 e. The van der Waals surface area contributed by atoms with Crippen LogP contribution in [0.3, 0.4) is 0 Å². The predicted octanol–water partition coefficient (Wildman–Crippen LogP) is 4.99. The van der Waals surface area contributed by atoms with Crippen molar-refractivity contribution in [2.75, 3.05) is 17.5 Å². The lowest BCUT2D eigenvalue weighted by atomic mass is 10.0. The molecule has 0 fully saturated rings. The highest BCUT2D eigenvalue weighted by atomic mass is 32.2. The fraction of sp³-hybridized carbons (Fsp3) is 0.172. The lowest BCUT2D eigenvalue weighted by Crippen LogP contribution is -2.39. The van der Waals surface area contributed by atoms with Gasteiger partial charge in [0.2, 0.25) is 0 Å². The minimum Gasteiger partial charge on any atom is -0.507 e. The van der Waals surface area contributed by atoms with E-state index >= 15 is 0 Å². The molecule has 196 valence electrons. The molecule has 0 unspecified atom stereocenters. The second-order valence-corrected chi connectivity index (χ2v) is 10.5. The molecule has 9 heteroatoms. The highest BCUT2D eigenvalue weighted by Crippen LogP contribution is 2.28. The van der Waals surface area contributed by atoms with Gasteiger partial charge in [0, 0.05) is 5.56 Å². The molecule has 0 aliphatic rings. The zero-order valence-corrected chi connectivity index (χ0v) is 22.2. The standard InChI is InChI=1S/C29H29N3O5S/c1-4-37-24-14-16-25(17-15-24)38(35,36)32(23-12-9-20(2)10-13-23)19-28(34)31-30-21(3)29-26-8-6-5-7-22(26)11-18-27(29)33/h5-18,33H,4,19H2,1-3H3,(H,31,34)/b30-21-. The number of hydrogen-bond acceptors (Lipinski definition) is 6. The number of phenolic OH excluding ortho intramolecular Hbond substituents is 1. The first-order valence-electron chi connectivity index (χ1n) is 12.1. The number of hydrazone groups is 1. The second kappa shape index (κ2) is 11.4. The van der Waals surface area contributed by atoms with Gasteiger partial charge >= 0.3 is 0 Å². The maximum atomic E-state index is 13.6. The van der Waals surface area contributed by atoms with Crippen LogP contribution in [0.5, 0.6) is 11.5 Å². The Hall–Kier alpha value is -4.37. The highest BCUT2D eigenvalue weighted by Gasteiger charge is 2.27. The minimum absolute atomic E-state index is 0.0229. The molecule has 0 aliphatic heterocycles. The third kappa shape index (κ3) is 5.78. The summed E-state index contributed by atoms with van der Waals surface area (Å²) in [6.07, 6.45) is 0. The number of fused-ring (bicyclic) bond motifs is 1. The molecule has 0 saturated heterocycles. The Kier molecular flexibility index (Phi) is 7.97. The van der Waals surface area contributed by atoms with Crippen molar-refractivity contribution < 1.29 is 23.1 Å². The number of hydrogen-bond donors (Lipinski definition) is 2. The van der Waals surface area contributed by atoms with Crippen LogP contribution in [0.15, 0.2) is 94.9 Å². The monoisotopic (exact) mass is 531 g/mol. The number of anilines is 1. The van der Waals surface area contributed by atoms with E-state index in [4.69, 9.17) is 4.74 Å². The number of nitrogens with one attached hydrogen (secondary N) is 1. The van der Waals surface area contributed by atoms with Crippen molar-refractivity contribution in [2.45, 2.75) is 25.7 Å². The summed E-state index contributed by atoms with van der Waals surface area (Å²) in [6.45, 7) is 5.35. The summed E-state index contributed by atoms with van der Waals surface area (Å²) < 4.78 is 33.7. The summed E-state index contributed by atoms with van der Waals surface area (Å²) in [5.74, 6) is -0.0645. The lowest BCUT2D eigenvalue weighted by Gasteiger charge is -2.24. The average molecular weight is 532 g/mol. The molecule has 2 N–H and O–H groups in total. The van der Waals surface area contributed by atoms with E-state index in [1.54, 1.807) is 55.5 Å². The molecule has 0 spiro atoms. The lowest BCUT2D eigenvalue weighted by molar-refractivity contribution is -0.119. The summed E-state index contributed by atoms with van der Waals surface area (Å²) >= 11 is 0. The van der Waals surface area contributed by atoms with E-state index in [1.165, 1.54) is 12.1 Å². The molecule has 4 aromatic rings. The number of sulfonamides is 1. The van der Waals surface area contributed by atoms with E-state index in [9.17, 15) is 18.3 Å². The van der Waals surface area contributed by atoms with Crippen molar-refractivity contribution in [1.82, 2.24) is 5.43 Å². The van der Waals surface area contributed by atoms with E-state index in [0.717, 1.165) is 20.6 Å². The number of nitrogens with zero attached hydrogens (tertiary/aromatic N) is 2. The molecule has 4 aromatic carbocycles. The molecular formula is C29H29N3O5S. The van der Waals surface area contributed by atoms with Crippen LogP contribution in [0.1, 0.15) is 25.0 Å². The van der Waals surface area contributed by atoms with Crippen LogP contribution in [0.2, 0.25) is 0 Å². The number of benzene rings is 4. The van der Waals surface area contributed by atoms with Gasteiger partial charge < -0.3 is 9.84 Å². The van der Waals surface area contributed by atoms with Crippen LogP contribution in [-0.2, 0) is 14.8 Å². The van der Waals surface area contributed by atoms with Gasteiger partial charge in [0.1, 0.15) is 18.0 Å². The van der Waals surface area contributed by atoms with Crippen LogP contribution in [0.25, 0.3) is 10.8 Å². The first-order chi connectivity index (χ1) is 18.2. The van der Waals surface area contributed by atoms with Gasteiger partial charge in [-0.05, 0) is 74.0 Å². The van der Waals surface area contributed by atoms with Crippen LogP contribution >= 0.6 is 0 Å². The minimum atomic E-state index is -4.09. The van der Waals surface area contributed by atoms with Crippen LogP contribution in [0, 0.1) is 6.92 Å². The number of amides is 1. The second-order valence-electron chi connectivity index (χ2n) is 8.66. The quantitative estimate of drug-likeness (QED) is 0.234. The molecule has 0 saturated carbocycles. The number of aryl methyl sites for hydroxylation is 1. The number of carbonyl (C=O) groups is 1. The Balaban J connectivity index is 1.62. The zero-order valence-electron chi connectivity index (χ0n) is 21.4. The molecule has 8 nitrogen and oxygen atoms in total. The summed E-state index contributed by atoms with van der Waals surface area (Å²) in [5, 5.41) is 16.3. The number of aromatic hydroxyl groups is 1. The summed E-state index contributed by atoms with van der Waals surface area (Å²) in [7, 11) is -4.09. The third-order valence-electron chi connectivity index (χ3n) is 5.95. The first-order valence-corrected chi connectivity index (χ1v) is 13.5. The summed E-state index contributed by atoms with van der Waals surface area (Å²) in [6, 6.07) is 23.8. The number of rotatable bonds is 9. The van der Waals surface area contributed by atoms with Crippen molar-refractivity contribution in [2.24, 2.45) is 5.10 Å². The van der Waals surface area contributed by atoms with Crippen molar-refractivity contribution in [3.63, 3.8) is 0 Å². The normalized spacial score (nSPS) is 11.8. The molecule has 0 heterocycles. The number of ether oxygens (including phenoxy) is 1. The van der Waals surface area contributed by atoms with Crippen LogP contribution in [-0.4, -0.2) is 38.3 Å². The molecule has 0 aromatic heterocycles. The number of phenols is 1.